The van der Waals surface area contributed by atoms with E-state index in [1.807, 2.05) is 31.2 Å². The third-order valence-electron chi connectivity index (χ3n) is 3.08. The number of aliphatic hydroxyl groups excluding tert-OH is 1. The van der Waals surface area contributed by atoms with E-state index in [-0.39, 0.29) is 11.9 Å². The van der Waals surface area contributed by atoms with E-state index in [4.69, 9.17) is 16.7 Å². The van der Waals surface area contributed by atoms with Crippen LogP contribution in [0.25, 0.3) is 16.7 Å². The molecule has 0 saturated heterocycles. The molecule has 2 heterocycles. The van der Waals surface area contributed by atoms with Crippen molar-refractivity contribution in [1.29, 1.82) is 0 Å². The van der Waals surface area contributed by atoms with E-state index in [9.17, 15) is 0 Å². The molecule has 21 heavy (non-hydrogen) atoms. The highest BCUT2D eigenvalue weighted by molar-refractivity contribution is 6.28. The van der Waals surface area contributed by atoms with Crippen LogP contribution in [0.4, 0.5) is 5.82 Å². The molecule has 7 heteroatoms. The molecule has 0 amide bonds. The number of nitrogens with zero attached hydrogens (tertiary/aromatic N) is 4. The van der Waals surface area contributed by atoms with Crippen LogP contribution < -0.4 is 5.32 Å². The molecule has 3 aromatic rings. The van der Waals surface area contributed by atoms with E-state index in [0.717, 1.165) is 11.1 Å². The van der Waals surface area contributed by atoms with Gasteiger partial charge in [0.1, 0.15) is 5.82 Å². The molecule has 0 aliphatic carbocycles. The second kappa shape index (κ2) is 5.67. The first kappa shape index (κ1) is 13.8. The van der Waals surface area contributed by atoms with Crippen LogP contribution in [-0.2, 0) is 0 Å². The molecule has 1 aromatic carbocycles. The van der Waals surface area contributed by atoms with Gasteiger partial charge in [0.15, 0.2) is 5.65 Å². The lowest BCUT2D eigenvalue weighted by atomic mass is 10.2. The average molecular weight is 304 g/mol. The van der Waals surface area contributed by atoms with E-state index < -0.39 is 0 Å². The molecule has 0 atom stereocenters. The van der Waals surface area contributed by atoms with Gasteiger partial charge in [-0.15, -0.1) is 0 Å². The Balaban J connectivity index is 2.13. The molecule has 0 saturated carbocycles. The molecule has 0 radical (unpaired) electrons. The van der Waals surface area contributed by atoms with Gasteiger partial charge in [0.05, 0.1) is 23.9 Å². The van der Waals surface area contributed by atoms with Gasteiger partial charge in [0.2, 0.25) is 5.28 Å². The van der Waals surface area contributed by atoms with Crippen molar-refractivity contribution in [3.63, 3.8) is 0 Å². The minimum atomic E-state index is 0.00914. The molecule has 2 N–H and O–H groups in total. The Kier molecular flexibility index (Phi) is 3.72. The summed E-state index contributed by atoms with van der Waals surface area (Å²) in [4.78, 5) is 8.39. The van der Waals surface area contributed by atoms with Gasteiger partial charge in [-0.2, -0.15) is 15.1 Å². The highest BCUT2D eigenvalue weighted by Crippen LogP contribution is 2.24. The molecule has 0 aliphatic rings. The van der Waals surface area contributed by atoms with Crippen molar-refractivity contribution >= 4 is 28.5 Å². The number of hydrogen-bond acceptors (Lipinski definition) is 5. The molecular formula is C14H14ClN5O. The number of fused-ring (bicyclic) bond motifs is 1. The number of halogens is 1. The van der Waals surface area contributed by atoms with Crippen LogP contribution in [0, 0.1) is 6.92 Å². The van der Waals surface area contributed by atoms with Crippen molar-refractivity contribution in [2.45, 2.75) is 6.92 Å². The fourth-order valence-corrected chi connectivity index (χ4v) is 2.23. The quantitative estimate of drug-likeness (QED) is 0.723. The molecule has 0 spiro atoms. The van der Waals surface area contributed by atoms with Gasteiger partial charge in [0.25, 0.3) is 0 Å². The predicted molar refractivity (Wildman–Crippen MR) is 82.0 cm³/mol. The predicted octanol–water partition coefficient (Wildman–Crippen LogP) is 2.18. The molecule has 0 bridgehead atoms. The van der Waals surface area contributed by atoms with E-state index in [1.165, 1.54) is 5.56 Å². The molecule has 2 aromatic heterocycles. The molecular weight excluding hydrogens is 290 g/mol. The topological polar surface area (TPSA) is 75.9 Å². The van der Waals surface area contributed by atoms with Gasteiger partial charge in [0, 0.05) is 6.54 Å². The lowest BCUT2D eigenvalue weighted by Gasteiger charge is -2.06. The highest BCUT2D eigenvalue weighted by Gasteiger charge is 2.13. The summed E-state index contributed by atoms with van der Waals surface area (Å²) in [5.41, 5.74) is 2.70. The minimum absolute atomic E-state index is 0.00914. The summed E-state index contributed by atoms with van der Waals surface area (Å²) in [5.74, 6) is 0.567. The Morgan fingerprint density at radius 2 is 2.00 bits per heavy atom. The summed E-state index contributed by atoms with van der Waals surface area (Å²) >= 11 is 5.98. The summed E-state index contributed by atoms with van der Waals surface area (Å²) in [6.45, 7) is 2.42. The zero-order chi connectivity index (χ0) is 14.8. The van der Waals surface area contributed by atoms with Crippen molar-refractivity contribution in [2.24, 2.45) is 0 Å². The molecule has 6 nitrogen and oxygen atoms in total. The number of nitrogens with one attached hydrogen (secondary N) is 1. The highest BCUT2D eigenvalue weighted by atomic mass is 35.5. The van der Waals surface area contributed by atoms with Gasteiger partial charge < -0.3 is 10.4 Å². The number of aromatic nitrogens is 4. The zero-order valence-corrected chi connectivity index (χ0v) is 12.2. The maximum absolute atomic E-state index is 8.92. The molecule has 3 rings (SSSR count). The maximum atomic E-state index is 8.92. The third-order valence-corrected chi connectivity index (χ3v) is 3.25. The van der Waals surface area contributed by atoms with Crippen molar-refractivity contribution in [3.8, 4) is 5.69 Å². The fourth-order valence-electron chi connectivity index (χ4n) is 2.07. The van der Waals surface area contributed by atoms with Gasteiger partial charge in [-0.3, -0.25) is 0 Å². The first-order valence-corrected chi connectivity index (χ1v) is 6.90. The number of aryl methyl sites for hydroxylation is 1. The number of benzene rings is 1. The Hall–Kier alpha value is -2.18. The van der Waals surface area contributed by atoms with Gasteiger partial charge >= 0.3 is 0 Å². The largest absolute Gasteiger partial charge is 0.395 e. The van der Waals surface area contributed by atoms with Crippen LogP contribution >= 0.6 is 11.6 Å². The molecule has 0 aliphatic heterocycles. The van der Waals surface area contributed by atoms with Gasteiger partial charge in [-0.05, 0) is 30.7 Å². The van der Waals surface area contributed by atoms with Crippen LogP contribution in [-0.4, -0.2) is 38.0 Å². The number of rotatable bonds is 4. The number of anilines is 1. The summed E-state index contributed by atoms with van der Waals surface area (Å²) in [7, 11) is 0. The van der Waals surface area contributed by atoms with Gasteiger partial charge in [-0.1, -0.05) is 17.7 Å². The van der Waals surface area contributed by atoms with Crippen LogP contribution in [0.2, 0.25) is 5.28 Å². The van der Waals surface area contributed by atoms with Crippen molar-refractivity contribution in [3.05, 3.63) is 41.3 Å². The van der Waals surface area contributed by atoms with Crippen LogP contribution in [0.5, 0.6) is 0 Å². The molecule has 0 fully saturated rings. The summed E-state index contributed by atoms with van der Waals surface area (Å²) in [5, 5.41) is 17.2. The summed E-state index contributed by atoms with van der Waals surface area (Å²) in [6.07, 6.45) is 1.69. The molecule has 108 valence electrons. The van der Waals surface area contributed by atoms with Crippen molar-refractivity contribution < 1.29 is 5.11 Å². The van der Waals surface area contributed by atoms with E-state index in [0.29, 0.717) is 18.0 Å². The second-order valence-electron chi connectivity index (χ2n) is 4.62. The Labute approximate surface area is 126 Å². The fraction of sp³-hybridized carbons (Fsp3) is 0.214. The van der Waals surface area contributed by atoms with E-state index in [2.05, 4.69) is 20.4 Å². The second-order valence-corrected chi connectivity index (χ2v) is 4.96. The van der Waals surface area contributed by atoms with Crippen LogP contribution in [0.1, 0.15) is 5.56 Å². The standard InChI is InChI=1S/C14H14ClN5O/c1-9-2-4-10(5-3-9)20-13-11(8-17-20)12(16-6-7-21)18-14(15)19-13/h2-5,8,21H,6-7H2,1H3,(H,16,18,19). The lowest BCUT2D eigenvalue weighted by Crippen LogP contribution is -2.08. The average Bonchev–Trinajstić information content (AvgIpc) is 2.89. The number of hydrogen-bond donors (Lipinski definition) is 2. The normalized spacial score (nSPS) is 11.0. The minimum Gasteiger partial charge on any atom is -0.395 e. The Bertz CT molecular complexity index is 769. The van der Waals surface area contributed by atoms with Gasteiger partial charge in [-0.25, -0.2) is 4.68 Å². The lowest BCUT2D eigenvalue weighted by molar-refractivity contribution is 0.311. The first-order valence-electron chi connectivity index (χ1n) is 6.52. The third kappa shape index (κ3) is 2.68. The van der Waals surface area contributed by atoms with E-state index >= 15 is 0 Å². The Morgan fingerprint density at radius 1 is 1.24 bits per heavy atom. The van der Waals surface area contributed by atoms with Crippen LogP contribution in [0.3, 0.4) is 0 Å². The van der Waals surface area contributed by atoms with E-state index in [1.54, 1.807) is 10.9 Å². The molecule has 0 unspecified atom stereocenters. The smallest absolute Gasteiger partial charge is 0.226 e. The van der Waals surface area contributed by atoms with Crippen LogP contribution in [0.15, 0.2) is 30.5 Å². The zero-order valence-electron chi connectivity index (χ0n) is 11.4. The SMILES string of the molecule is Cc1ccc(-n2ncc3c(NCCO)nc(Cl)nc32)cc1. The summed E-state index contributed by atoms with van der Waals surface area (Å²) < 4.78 is 1.71. The first-order chi connectivity index (χ1) is 10.2. The summed E-state index contributed by atoms with van der Waals surface area (Å²) in [6, 6.07) is 7.96. The Morgan fingerprint density at radius 3 is 2.71 bits per heavy atom. The number of aliphatic hydroxyl groups is 1. The van der Waals surface area contributed by atoms with Crippen molar-refractivity contribution in [2.75, 3.05) is 18.5 Å². The van der Waals surface area contributed by atoms with Crippen molar-refractivity contribution in [1.82, 2.24) is 19.7 Å². The monoisotopic (exact) mass is 303 g/mol. The maximum Gasteiger partial charge on any atom is 0.226 e.